The predicted octanol–water partition coefficient (Wildman–Crippen LogP) is 4.42. The van der Waals surface area contributed by atoms with E-state index in [2.05, 4.69) is 50.4 Å². The summed E-state index contributed by atoms with van der Waals surface area (Å²) in [7, 11) is 0. The Labute approximate surface area is 115 Å². The van der Waals surface area contributed by atoms with Gasteiger partial charge in [0.1, 0.15) is 0 Å². The number of nitrogens with one attached hydrogen (secondary N) is 1. The van der Waals surface area contributed by atoms with Gasteiger partial charge in [0.2, 0.25) is 0 Å². The van der Waals surface area contributed by atoms with Crippen molar-refractivity contribution in [3.8, 4) is 0 Å². The molecule has 0 unspecified atom stereocenters. The summed E-state index contributed by atoms with van der Waals surface area (Å²) in [6.07, 6.45) is 2.58. The molecule has 0 bridgehead atoms. The number of halogens is 1. The highest BCUT2D eigenvalue weighted by molar-refractivity contribution is 8.00. The first kappa shape index (κ1) is 14.9. The van der Waals surface area contributed by atoms with Gasteiger partial charge < -0.3 is 5.32 Å². The van der Waals surface area contributed by atoms with Crippen LogP contribution >= 0.6 is 24.2 Å². The van der Waals surface area contributed by atoms with E-state index in [1.54, 1.807) is 0 Å². The van der Waals surface area contributed by atoms with Crippen molar-refractivity contribution in [2.24, 2.45) is 0 Å². The maximum atomic E-state index is 3.59. The summed E-state index contributed by atoms with van der Waals surface area (Å²) in [6, 6.07) is 9.41. The summed E-state index contributed by atoms with van der Waals surface area (Å²) in [5, 5.41) is 3.59. The highest BCUT2D eigenvalue weighted by Gasteiger charge is 2.21. The van der Waals surface area contributed by atoms with Gasteiger partial charge in [-0.15, -0.1) is 24.2 Å². The summed E-state index contributed by atoms with van der Waals surface area (Å²) < 4.78 is 0.286. The molecule has 1 aliphatic rings. The molecule has 0 spiro atoms. The van der Waals surface area contributed by atoms with Crippen molar-refractivity contribution < 1.29 is 0 Å². The van der Waals surface area contributed by atoms with Crippen LogP contribution in [0.2, 0.25) is 0 Å². The van der Waals surface area contributed by atoms with Gasteiger partial charge >= 0.3 is 0 Å². The molecule has 1 atom stereocenters. The fraction of sp³-hybridized carbons (Fsp3) is 0.571. The van der Waals surface area contributed by atoms with Gasteiger partial charge in [-0.1, -0.05) is 39.0 Å². The molecule has 0 aromatic heterocycles. The zero-order valence-electron chi connectivity index (χ0n) is 10.8. The van der Waals surface area contributed by atoms with Crippen molar-refractivity contribution in [2.75, 3.05) is 6.54 Å². The Morgan fingerprint density at radius 2 is 1.94 bits per heavy atom. The quantitative estimate of drug-likeness (QED) is 0.799. The lowest BCUT2D eigenvalue weighted by Gasteiger charge is -2.22. The molecule has 1 saturated heterocycles. The van der Waals surface area contributed by atoms with Gasteiger partial charge in [0, 0.05) is 15.7 Å². The molecule has 96 valence electrons. The van der Waals surface area contributed by atoms with Crippen molar-refractivity contribution in [1.29, 1.82) is 0 Å². The van der Waals surface area contributed by atoms with Crippen LogP contribution in [0.3, 0.4) is 0 Å². The Morgan fingerprint density at radius 1 is 1.24 bits per heavy atom. The second kappa shape index (κ2) is 6.12. The van der Waals surface area contributed by atoms with E-state index in [1.807, 2.05) is 11.8 Å². The Morgan fingerprint density at radius 3 is 2.53 bits per heavy atom. The van der Waals surface area contributed by atoms with Gasteiger partial charge in [-0.05, 0) is 31.0 Å². The van der Waals surface area contributed by atoms with E-state index in [1.165, 1.54) is 29.8 Å². The molecular weight excluding hydrogens is 250 g/mol. The topological polar surface area (TPSA) is 12.0 Å². The van der Waals surface area contributed by atoms with E-state index < -0.39 is 0 Å². The maximum absolute atomic E-state index is 3.59. The number of hydrogen-bond acceptors (Lipinski definition) is 2. The number of thioether (sulfide) groups is 1. The zero-order chi connectivity index (χ0) is 11.6. The molecule has 3 heteroatoms. The average Bonchev–Trinajstić information content (AvgIpc) is 2.69. The van der Waals surface area contributed by atoms with Crippen molar-refractivity contribution in [1.82, 2.24) is 5.32 Å². The smallest absolute Gasteiger partial charge is 0.0331 e. The molecule has 1 fully saturated rings. The molecular formula is C14H22ClNS. The third-order valence-corrected chi connectivity index (χ3v) is 3.97. The summed E-state index contributed by atoms with van der Waals surface area (Å²) in [5.74, 6) is 0. The van der Waals surface area contributed by atoms with Gasteiger partial charge in [0.15, 0.2) is 0 Å². The maximum Gasteiger partial charge on any atom is 0.0331 e. The predicted molar refractivity (Wildman–Crippen MR) is 79.3 cm³/mol. The lowest BCUT2D eigenvalue weighted by atomic mass is 10.1. The zero-order valence-corrected chi connectivity index (χ0v) is 12.5. The molecule has 1 aromatic rings. The molecule has 0 radical (unpaired) electrons. The van der Waals surface area contributed by atoms with Crippen LogP contribution in [-0.2, 0) is 0 Å². The summed E-state index contributed by atoms with van der Waals surface area (Å²) in [6.45, 7) is 7.99. The number of benzene rings is 1. The normalized spacial score (nSPS) is 20.1. The molecule has 1 nitrogen and oxygen atoms in total. The Kier molecular flexibility index (Phi) is 5.36. The lowest BCUT2D eigenvalue weighted by molar-refractivity contribution is 0.635. The van der Waals surface area contributed by atoms with Gasteiger partial charge in [0.05, 0.1) is 0 Å². The summed E-state index contributed by atoms with van der Waals surface area (Å²) >= 11 is 1.97. The van der Waals surface area contributed by atoms with Crippen LogP contribution in [-0.4, -0.2) is 11.3 Å². The van der Waals surface area contributed by atoms with E-state index in [-0.39, 0.29) is 17.2 Å². The van der Waals surface area contributed by atoms with Crippen LogP contribution in [0.25, 0.3) is 0 Å². The third-order valence-electron chi connectivity index (χ3n) is 2.77. The summed E-state index contributed by atoms with van der Waals surface area (Å²) in [5.41, 5.74) is 1.49. The molecule has 1 heterocycles. The first-order valence-corrected chi connectivity index (χ1v) is 6.89. The second-order valence-electron chi connectivity index (χ2n) is 5.40. The largest absolute Gasteiger partial charge is 0.310 e. The lowest BCUT2D eigenvalue weighted by Crippen LogP contribution is -2.15. The first-order chi connectivity index (χ1) is 7.56. The summed E-state index contributed by atoms with van der Waals surface area (Å²) in [4.78, 5) is 1.44. The minimum atomic E-state index is 0. The molecule has 1 aliphatic heterocycles. The molecule has 2 rings (SSSR count). The number of hydrogen-bond donors (Lipinski definition) is 1. The van der Waals surface area contributed by atoms with Crippen molar-refractivity contribution in [3.05, 3.63) is 29.8 Å². The van der Waals surface area contributed by atoms with E-state index in [4.69, 9.17) is 0 Å². The Hall–Kier alpha value is -0.180. The highest BCUT2D eigenvalue weighted by Crippen LogP contribution is 2.38. The van der Waals surface area contributed by atoms with E-state index in [0.717, 1.165) is 0 Å². The molecule has 1 aromatic carbocycles. The monoisotopic (exact) mass is 271 g/mol. The first-order valence-electron chi connectivity index (χ1n) is 6.07. The Bertz CT molecular complexity index is 353. The van der Waals surface area contributed by atoms with Gasteiger partial charge in [-0.2, -0.15) is 0 Å². The number of rotatable bonds is 2. The van der Waals surface area contributed by atoms with E-state index in [9.17, 15) is 0 Å². The van der Waals surface area contributed by atoms with Crippen molar-refractivity contribution in [2.45, 2.75) is 49.3 Å². The van der Waals surface area contributed by atoms with Crippen LogP contribution in [0.4, 0.5) is 0 Å². The van der Waals surface area contributed by atoms with Gasteiger partial charge in [0.25, 0.3) is 0 Å². The molecule has 0 aliphatic carbocycles. The molecule has 0 amide bonds. The second-order valence-corrected chi connectivity index (χ2v) is 7.27. The van der Waals surface area contributed by atoms with Gasteiger partial charge in [-0.3, -0.25) is 0 Å². The SMILES string of the molecule is CC(C)(C)Sc1ccccc1[C@H]1CCCN1.Cl. The van der Waals surface area contributed by atoms with Crippen LogP contribution in [0, 0.1) is 0 Å². The minimum absolute atomic E-state index is 0. The van der Waals surface area contributed by atoms with Gasteiger partial charge in [-0.25, -0.2) is 0 Å². The van der Waals surface area contributed by atoms with Crippen LogP contribution in [0.1, 0.15) is 45.2 Å². The molecule has 1 N–H and O–H groups in total. The Balaban J connectivity index is 0.00000144. The van der Waals surface area contributed by atoms with E-state index >= 15 is 0 Å². The molecule has 0 saturated carbocycles. The van der Waals surface area contributed by atoms with E-state index in [0.29, 0.717) is 6.04 Å². The van der Waals surface area contributed by atoms with Crippen LogP contribution in [0.15, 0.2) is 29.2 Å². The highest BCUT2D eigenvalue weighted by atomic mass is 35.5. The average molecular weight is 272 g/mol. The molecule has 17 heavy (non-hydrogen) atoms. The fourth-order valence-electron chi connectivity index (χ4n) is 2.14. The van der Waals surface area contributed by atoms with Crippen LogP contribution < -0.4 is 5.32 Å². The third kappa shape index (κ3) is 4.20. The minimum Gasteiger partial charge on any atom is -0.310 e. The van der Waals surface area contributed by atoms with Crippen molar-refractivity contribution in [3.63, 3.8) is 0 Å². The van der Waals surface area contributed by atoms with Crippen LogP contribution in [0.5, 0.6) is 0 Å². The fourth-order valence-corrected chi connectivity index (χ4v) is 3.28. The standard InChI is InChI=1S/C14H21NS.ClH/c1-14(2,3)16-13-9-5-4-7-11(13)12-8-6-10-15-12;/h4-5,7,9,12,15H,6,8,10H2,1-3H3;1H/t12-;/m1./s1. The van der Waals surface area contributed by atoms with Crippen molar-refractivity contribution >= 4 is 24.2 Å².